The highest BCUT2D eigenvalue weighted by molar-refractivity contribution is 5.81. The summed E-state index contributed by atoms with van der Waals surface area (Å²) in [6, 6.07) is 0. The highest BCUT2D eigenvalue weighted by Crippen LogP contribution is 2.03. The molecule has 0 aromatic heterocycles. The van der Waals surface area contributed by atoms with Crippen LogP contribution in [-0.4, -0.2) is 38.4 Å². The Morgan fingerprint density at radius 3 is 2.12 bits per heavy atom. The van der Waals surface area contributed by atoms with E-state index in [4.69, 9.17) is 14.2 Å². The highest BCUT2D eigenvalue weighted by atomic mass is 16.6. The molecular formula is C11H20O5. The zero-order chi connectivity index (χ0) is 12.4. The van der Waals surface area contributed by atoms with Gasteiger partial charge in [-0.15, -0.1) is 0 Å². The van der Waals surface area contributed by atoms with Crippen LogP contribution in [0.15, 0.2) is 0 Å². The van der Waals surface area contributed by atoms with E-state index in [2.05, 4.69) is 0 Å². The number of carbonyl (C=O) groups excluding carboxylic acids is 2. The standard InChI is InChI=1S/C11H20O5/c1-4-6-15-10(12)8-9(14-3)11(13)16-7-5-2/h9H,4-8H2,1-3H3/t9-/m1/s1. The van der Waals surface area contributed by atoms with Gasteiger partial charge in [-0.1, -0.05) is 13.8 Å². The molecular weight excluding hydrogens is 212 g/mol. The van der Waals surface area contributed by atoms with E-state index in [0.29, 0.717) is 13.2 Å². The minimum atomic E-state index is -0.865. The van der Waals surface area contributed by atoms with Gasteiger partial charge in [0.05, 0.1) is 19.6 Å². The van der Waals surface area contributed by atoms with Crippen LogP contribution >= 0.6 is 0 Å². The Bertz CT molecular complexity index is 214. The summed E-state index contributed by atoms with van der Waals surface area (Å²) in [5, 5.41) is 0. The molecule has 0 aliphatic heterocycles. The molecule has 0 saturated carbocycles. The van der Waals surface area contributed by atoms with Gasteiger partial charge in [-0.3, -0.25) is 4.79 Å². The molecule has 0 aliphatic carbocycles. The van der Waals surface area contributed by atoms with Crippen LogP contribution in [0, 0.1) is 0 Å². The minimum Gasteiger partial charge on any atom is -0.466 e. The summed E-state index contributed by atoms with van der Waals surface area (Å²) in [5.41, 5.74) is 0. The van der Waals surface area contributed by atoms with E-state index < -0.39 is 18.0 Å². The summed E-state index contributed by atoms with van der Waals surface area (Å²) < 4.78 is 14.6. The highest BCUT2D eigenvalue weighted by Gasteiger charge is 2.23. The van der Waals surface area contributed by atoms with E-state index in [1.54, 1.807) is 0 Å². The third kappa shape index (κ3) is 6.40. The number of carbonyl (C=O) groups is 2. The maximum absolute atomic E-state index is 11.4. The molecule has 0 aromatic carbocycles. The van der Waals surface area contributed by atoms with Crippen molar-refractivity contribution in [1.29, 1.82) is 0 Å². The smallest absolute Gasteiger partial charge is 0.335 e. The van der Waals surface area contributed by atoms with Crippen molar-refractivity contribution < 1.29 is 23.8 Å². The Balaban J connectivity index is 3.97. The second-order valence-corrected chi connectivity index (χ2v) is 3.32. The second-order valence-electron chi connectivity index (χ2n) is 3.32. The average molecular weight is 232 g/mol. The van der Waals surface area contributed by atoms with E-state index in [9.17, 15) is 9.59 Å². The number of ether oxygens (including phenoxy) is 3. The average Bonchev–Trinajstić information content (AvgIpc) is 2.30. The molecule has 5 heteroatoms. The van der Waals surface area contributed by atoms with Gasteiger partial charge in [0.2, 0.25) is 0 Å². The molecule has 0 heterocycles. The van der Waals surface area contributed by atoms with Crippen molar-refractivity contribution in [3.8, 4) is 0 Å². The fourth-order valence-electron chi connectivity index (χ4n) is 0.985. The Morgan fingerprint density at radius 2 is 1.62 bits per heavy atom. The SMILES string of the molecule is CCCOC(=O)C[C@@H](OC)C(=O)OCCC. The molecule has 0 unspecified atom stereocenters. The monoisotopic (exact) mass is 232 g/mol. The molecule has 16 heavy (non-hydrogen) atoms. The third-order valence-corrected chi connectivity index (χ3v) is 1.82. The molecule has 0 amide bonds. The van der Waals surface area contributed by atoms with Crippen LogP contribution in [0.2, 0.25) is 0 Å². The summed E-state index contributed by atoms with van der Waals surface area (Å²) in [4.78, 5) is 22.6. The fraction of sp³-hybridized carbons (Fsp3) is 0.818. The first-order chi connectivity index (χ1) is 7.65. The molecule has 0 saturated heterocycles. The zero-order valence-electron chi connectivity index (χ0n) is 10.2. The van der Waals surface area contributed by atoms with Crippen LogP contribution in [0.5, 0.6) is 0 Å². The van der Waals surface area contributed by atoms with Crippen LogP contribution in [-0.2, 0) is 23.8 Å². The van der Waals surface area contributed by atoms with Crippen molar-refractivity contribution in [2.75, 3.05) is 20.3 Å². The molecule has 0 N–H and O–H groups in total. The van der Waals surface area contributed by atoms with Crippen LogP contribution in [0.3, 0.4) is 0 Å². The van der Waals surface area contributed by atoms with E-state index in [1.807, 2.05) is 13.8 Å². The quantitative estimate of drug-likeness (QED) is 0.590. The minimum absolute atomic E-state index is 0.0982. The summed E-state index contributed by atoms with van der Waals surface area (Å²) in [5.74, 6) is -0.958. The summed E-state index contributed by atoms with van der Waals surface area (Å²) in [6.07, 6.45) is 0.529. The fourth-order valence-corrected chi connectivity index (χ4v) is 0.985. The zero-order valence-corrected chi connectivity index (χ0v) is 10.2. The number of hydrogen-bond acceptors (Lipinski definition) is 5. The molecule has 0 fully saturated rings. The Hall–Kier alpha value is -1.10. The summed E-state index contributed by atoms with van der Waals surface area (Å²) >= 11 is 0. The van der Waals surface area contributed by atoms with Crippen molar-refractivity contribution in [3.05, 3.63) is 0 Å². The van der Waals surface area contributed by atoms with Crippen LogP contribution in [0.1, 0.15) is 33.1 Å². The van der Waals surface area contributed by atoms with Gasteiger partial charge in [-0.25, -0.2) is 4.79 Å². The van der Waals surface area contributed by atoms with E-state index in [1.165, 1.54) is 7.11 Å². The van der Waals surface area contributed by atoms with Crippen LogP contribution in [0.4, 0.5) is 0 Å². The largest absolute Gasteiger partial charge is 0.466 e. The maximum Gasteiger partial charge on any atom is 0.335 e. The van der Waals surface area contributed by atoms with Crippen molar-refractivity contribution in [1.82, 2.24) is 0 Å². The van der Waals surface area contributed by atoms with Gasteiger partial charge in [0.1, 0.15) is 0 Å². The first kappa shape index (κ1) is 14.9. The van der Waals surface area contributed by atoms with Gasteiger partial charge in [-0.05, 0) is 12.8 Å². The lowest BCUT2D eigenvalue weighted by Crippen LogP contribution is -2.29. The predicted molar refractivity (Wildman–Crippen MR) is 57.9 cm³/mol. The summed E-state index contributed by atoms with van der Waals surface area (Å²) in [6.45, 7) is 4.49. The van der Waals surface area contributed by atoms with Gasteiger partial charge >= 0.3 is 11.9 Å². The van der Waals surface area contributed by atoms with E-state index in [-0.39, 0.29) is 6.42 Å². The molecule has 0 aromatic rings. The third-order valence-electron chi connectivity index (χ3n) is 1.82. The molecule has 0 bridgehead atoms. The molecule has 5 nitrogen and oxygen atoms in total. The number of hydrogen-bond donors (Lipinski definition) is 0. The normalized spacial score (nSPS) is 11.9. The van der Waals surface area contributed by atoms with Crippen LogP contribution < -0.4 is 0 Å². The van der Waals surface area contributed by atoms with Gasteiger partial charge in [0, 0.05) is 7.11 Å². The first-order valence-corrected chi connectivity index (χ1v) is 5.50. The van der Waals surface area contributed by atoms with Gasteiger partial charge < -0.3 is 14.2 Å². The molecule has 94 valence electrons. The maximum atomic E-state index is 11.4. The molecule has 1 atom stereocenters. The van der Waals surface area contributed by atoms with Gasteiger partial charge in [0.15, 0.2) is 6.10 Å². The lowest BCUT2D eigenvalue weighted by molar-refractivity contribution is -0.162. The predicted octanol–water partition coefficient (Wildman–Crippen LogP) is 1.30. The molecule has 0 spiro atoms. The lowest BCUT2D eigenvalue weighted by atomic mass is 10.2. The van der Waals surface area contributed by atoms with Gasteiger partial charge in [-0.2, -0.15) is 0 Å². The number of methoxy groups -OCH3 is 1. The van der Waals surface area contributed by atoms with E-state index in [0.717, 1.165) is 12.8 Å². The molecule has 0 rings (SSSR count). The lowest BCUT2D eigenvalue weighted by Gasteiger charge is -2.13. The van der Waals surface area contributed by atoms with E-state index >= 15 is 0 Å². The number of esters is 2. The summed E-state index contributed by atoms with van der Waals surface area (Å²) in [7, 11) is 1.37. The molecule has 0 radical (unpaired) electrons. The van der Waals surface area contributed by atoms with Crippen molar-refractivity contribution in [3.63, 3.8) is 0 Å². The van der Waals surface area contributed by atoms with Crippen molar-refractivity contribution >= 4 is 11.9 Å². The van der Waals surface area contributed by atoms with Crippen molar-refractivity contribution in [2.24, 2.45) is 0 Å². The van der Waals surface area contributed by atoms with Crippen LogP contribution in [0.25, 0.3) is 0 Å². The Kier molecular flexibility index (Phi) is 8.52. The number of rotatable bonds is 8. The topological polar surface area (TPSA) is 61.8 Å². The second kappa shape index (κ2) is 9.15. The first-order valence-electron chi connectivity index (χ1n) is 5.50. The molecule has 0 aliphatic rings. The Morgan fingerprint density at radius 1 is 1.06 bits per heavy atom. The van der Waals surface area contributed by atoms with Gasteiger partial charge in [0.25, 0.3) is 0 Å². The van der Waals surface area contributed by atoms with Crippen molar-refractivity contribution in [2.45, 2.75) is 39.2 Å². The Labute approximate surface area is 96.1 Å².